The summed E-state index contributed by atoms with van der Waals surface area (Å²) in [7, 11) is 1.85. The van der Waals surface area contributed by atoms with Gasteiger partial charge in [0.2, 0.25) is 0 Å². The molecule has 26 heavy (non-hydrogen) atoms. The Morgan fingerprint density at radius 1 is 1.12 bits per heavy atom. The number of ether oxygens (including phenoxy) is 1. The van der Waals surface area contributed by atoms with E-state index in [0.717, 1.165) is 42.8 Å². The Bertz CT molecular complexity index is 704. The molecule has 1 fully saturated rings. The van der Waals surface area contributed by atoms with Gasteiger partial charge in [0.05, 0.1) is 6.10 Å². The van der Waals surface area contributed by atoms with Crippen molar-refractivity contribution in [3.8, 4) is 0 Å². The van der Waals surface area contributed by atoms with Crippen molar-refractivity contribution in [1.82, 2.24) is 4.90 Å². The molecular weight excluding hydrogens is 324 g/mol. The molecule has 138 valence electrons. The Morgan fingerprint density at radius 3 is 2.50 bits per heavy atom. The smallest absolute Gasteiger partial charge is 0.253 e. The first-order chi connectivity index (χ1) is 12.6. The number of nitrogens with one attached hydrogen (secondary N) is 1. The first kappa shape index (κ1) is 18.5. The third-order valence-electron chi connectivity index (χ3n) is 4.85. The molecule has 4 nitrogen and oxygen atoms in total. The zero-order valence-electron chi connectivity index (χ0n) is 15.7. The highest BCUT2D eigenvalue weighted by Gasteiger charge is 2.19. The molecule has 1 N–H and O–H groups in total. The number of likely N-dealkylation sites (N-methyl/N-ethyl adjacent to an activating group) is 1. The summed E-state index contributed by atoms with van der Waals surface area (Å²) < 4.78 is 5.73. The standard InChI is InChI=1S/C22H28N2O2/c1-17-6-12-20(13-7-17)23-15-18-8-10-19(11-9-18)22(25)24(2)16-21-5-3-4-14-26-21/h6-13,21,23H,3-5,14-16H2,1-2H3. The average molecular weight is 352 g/mol. The van der Waals surface area contributed by atoms with E-state index >= 15 is 0 Å². The van der Waals surface area contributed by atoms with Gasteiger partial charge in [-0.3, -0.25) is 4.79 Å². The van der Waals surface area contributed by atoms with Gasteiger partial charge in [-0.1, -0.05) is 29.8 Å². The zero-order valence-corrected chi connectivity index (χ0v) is 15.7. The minimum atomic E-state index is 0.0530. The van der Waals surface area contributed by atoms with Gasteiger partial charge in [0.1, 0.15) is 0 Å². The first-order valence-corrected chi connectivity index (χ1v) is 9.38. The van der Waals surface area contributed by atoms with E-state index in [1.165, 1.54) is 12.0 Å². The van der Waals surface area contributed by atoms with Crippen LogP contribution >= 0.6 is 0 Å². The largest absolute Gasteiger partial charge is 0.381 e. The van der Waals surface area contributed by atoms with Crippen molar-refractivity contribution in [3.05, 3.63) is 65.2 Å². The van der Waals surface area contributed by atoms with Crippen molar-refractivity contribution >= 4 is 11.6 Å². The molecule has 1 aliphatic rings. The summed E-state index contributed by atoms with van der Waals surface area (Å²) >= 11 is 0. The summed E-state index contributed by atoms with van der Waals surface area (Å²) in [6.45, 7) is 4.30. The van der Waals surface area contributed by atoms with Crippen LogP contribution in [-0.4, -0.2) is 37.1 Å². The fraction of sp³-hybridized carbons (Fsp3) is 0.409. The third kappa shape index (κ3) is 5.09. The molecule has 1 amide bonds. The lowest BCUT2D eigenvalue weighted by Crippen LogP contribution is -2.37. The van der Waals surface area contributed by atoms with Gasteiger partial charge in [-0.15, -0.1) is 0 Å². The fourth-order valence-electron chi connectivity index (χ4n) is 3.20. The zero-order chi connectivity index (χ0) is 18.4. The van der Waals surface area contributed by atoms with Crippen LogP contribution in [0.2, 0.25) is 0 Å². The van der Waals surface area contributed by atoms with Gasteiger partial charge in [0, 0.05) is 38.0 Å². The molecule has 2 aromatic carbocycles. The third-order valence-corrected chi connectivity index (χ3v) is 4.85. The highest BCUT2D eigenvalue weighted by Crippen LogP contribution is 2.15. The SMILES string of the molecule is Cc1ccc(NCc2ccc(C(=O)N(C)CC3CCCCO3)cc2)cc1. The van der Waals surface area contributed by atoms with Gasteiger partial charge >= 0.3 is 0 Å². The monoisotopic (exact) mass is 352 g/mol. The molecular formula is C22H28N2O2. The summed E-state index contributed by atoms with van der Waals surface area (Å²) in [5.41, 5.74) is 4.23. The predicted molar refractivity (Wildman–Crippen MR) is 105 cm³/mol. The average Bonchev–Trinajstić information content (AvgIpc) is 2.68. The second kappa shape index (κ2) is 8.86. The molecule has 1 heterocycles. The Balaban J connectivity index is 1.52. The van der Waals surface area contributed by atoms with Gasteiger partial charge in [-0.2, -0.15) is 0 Å². The second-order valence-electron chi connectivity index (χ2n) is 7.09. The Morgan fingerprint density at radius 2 is 1.85 bits per heavy atom. The number of rotatable bonds is 6. The molecule has 0 aliphatic carbocycles. The van der Waals surface area contributed by atoms with Gasteiger partial charge in [-0.25, -0.2) is 0 Å². The Kier molecular flexibility index (Phi) is 6.29. The Hall–Kier alpha value is -2.33. The molecule has 0 bridgehead atoms. The van der Waals surface area contributed by atoms with Crippen LogP contribution < -0.4 is 5.32 Å². The van der Waals surface area contributed by atoms with Crippen LogP contribution in [0.15, 0.2) is 48.5 Å². The number of hydrogen-bond donors (Lipinski definition) is 1. The fourth-order valence-corrected chi connectivity index (χ4v) is 3.20. The maximum Gasteiger partial charge on any atom is 0.253 e. The van der Waals surface area contributed by atoms with Crippen molar-refractivity contribution in [2.24, 2.45) is 0 Å². The summed E-state index contributed by atoms with van der Waals surface area (Å²) in [6, 6.07) is 16.2. The molecule has 4 heteroatoms. The predicted octanol–water partition coefficient (Wildman–Crippen LogP) is 4.25. The van der Waals surface area contributed by atoms with Crippen LogP contribution in [0.25, 0.3) is 0 Å². The lowest BCUT2D eigenvalue weighted by Gasteiger charge is -2.27. The van der Waals surface area contributed by atoms with Gasteiger partial charge in [-0.05, 0) is 56.0 Å². The number of anilines is 1. The van der Waals surface area contributed by atoms with E-state index in [0.29, 0.717) is 6.54 Å². The van der Waals surface area contributed by atoms with E-state index in [9.17, 15) is 4.79 Å². The van der Waals surface area contributed by atoms with E-state index < -0.39 is 0 Å². The summed E-state index contributed by atoms with van der Waals surface area (Å²) in [6.07, 6.45) is 3.54. The lowest BCUT2D eigenvalue weighted by molar-refractivity contribution is -0.000187. The normalized spacial score (nSPS) is 16.9. The van der Waals surface area contributed by atoms with Gasteiger partial charge in [0.25, 0.3) is 5.91 Å². The van der Waals surface area contributed by atoms with E-state index in [2.05, 4.69) is 36.5 Å². The van der Waals surface area contributed by atoms with Crippen molar-refractivity contribution in [3.63, 3.8) is 0 Å². The second-order valence-corrected chi connectivity index (χ2v) is 7.09. The molecule has 1 unspecified atom stereocenters. The van der Waals surface area contributed by atoms with Crippen LogP contribution in [0.3, 0.4) is 0 Å². The highest BCUT2D eigenvalue weighted by molar-refractivity contribution is 5.94. The van der Waals surface area contributed by atoms with Crippen LogP contribution in [0.5, 0.6) is 0 Å². The van der Waals surface area contributed by atoms with E-state index in [1.54, 1.807) is 4.90 Å². The number of hydrogen-bond acceptors (Lipinski definition) is 3. The maximum atomic E-state index is 12.6. The topological polar surface area (TPSA) is 41.6 Å². The number of amides is 1. The van der Waals surface area contributed by atoms with E-state index in [-0.39, 0.29) is 12.0 Å². The van der Waals surface area contributed by atoms with Crippen LogP contribution in [0, 0.1) is 6.92 Å². The molecule has 3 rings (SSSR count). The number of aryl methyl sites for hydroxylation is 1. The molecule has 0 radical (unpaired) electrons. The van der Waals surface area contributed by atoms with Crippen molar-refractivity contribution in [2.45, 2.75) is 38.8 Å². The number of nitrogens with zero attached hydrogens (tertiary/aromatic N) is 1. The van der Waals surface area contributed by atoms with Crippen LogP contribution in [0.1, 0.15) is 40.7 Å². The van der Waals surface area contributed by atoms with Gasteiger partial charge < -0.3 is 15.0 Å². The molecule has 0 aromatic heterocycles. The highest BCUT2D eigenvalue weighted by atomic mass is 16.5. The molecule has 1 saturated heterocycles. The Labute approximate surface area is 156 Å². The quantitative estimate of drug-likeness (QED) is 0.845. The van der Waals surface area contributed by atoms with Crippen LogP contribution in [0.4, 0.5) is 5.69 Å². The molecule has 2 aromatic rings. The summed E-state index contributed by atoms with van der Waals surface area (Å²) in [5, 5.41) is 3.40. The number of benzene rings is 2. The summed E-state index contributed by atoms with van der Waals surface area (Å²) in [5.74, 6) is 0.0530. The summed E-state index contributed by atoms with van der Waals surface area (Å²) in [4.78, 5) is 14.4. The number of carbonyl (C=O) groups excluding carboxylic acids is 1. The lowest BCUT2D eigenvalue weighted by atomic mass is 10.1. The van der Waals surface area contributed by atoms with E-state index in [1.807, 2.05) is 31.3 Å². The number of carbonyl (C=O) groups is 1. The molecule has 0 spiro atoms. The van der Waals surface area contributed by atoms with Crippen molar-refractivity contribution in [2.75, 3.05) is 25.5 Å². The maximum absolute atomic E-state index is 12.6. The first-order valence-electron chi connectivity index (χ1n) is 9.38. The van der Waals surface area contributed by atoms with E-state index in [4.69, 9.17) is 4.74 Å². The molecule has 1 aliphatic heterocycles. The van der Waals surface area contributed by atoms with Crippen LogP contribution in [-0.2, 0) is 11.3 Å². The minimum absolute atomic E-state index is 0.0530. The van der Waals surface area contributed by atoms with Crippen molar-refractivity contribution < 1.29 is 9.53 Å². The molecule has 1 atom stereocenters. The minimum Gasteiger partial charge on any atom is -0.381 e. The molecule has 0 saturated carbocycles. The van der Waals surface area contributed by atoms with Gasteiger partial charge in [0.15, 0.2) is 0 Å². The van der Waals surface area contributed by atoms with Crippen molar-refractivity contribution in [1.29, 1.82) is 0 Å².